The van der Waals surface area contributed by atoms with Crippen LogP contribution in [0.1, 0.15) is 35.8 Å². The van der Waals surface area contributed by atoms with Crippen molar-refractivity contribution in [1.29, 1.82) is 0 Å². The molecule has 0 saturated carbocycles. The third kappa shape index (κ3) is 3.85. The van der Waals surface area contributed by atoms with Crippen LogP contribution in [0.5, 0.6) is 0 Å². The maximum absolute atomic E-state index is 13.2. The van der Waals surface area contributed by atoms with Crippen LogP contribution in [0, 0.1) is 5.82 Å². The fourth-order valence-electron chi connectivity index (χ4n) is 4.53. The first-order valence-corrected chi connectivity index (χ1v) is 10.6. The van der Waals surface area contributed by atoms with Gasteiger partial charge in [-0.25, -0.2) is 4.39 Å². The van der Waals surface area contributed by atoms with Gasteiger partial charge in [-0.15, -0.1) is 0 Å². The van der Waals surface area contributed by atoms with Gasteiger partial charge in [-0.2, -0.15) is 0 Å². The van der Waals surface area contributed by atoms with E-state index < -0.39 is 0 Å². The molecule has 3 nitrogen and oxygen atoms in total. The minimum atomic E-state index is -0.199. The number of halogens is 1. The van der Waals surface area contributed by atoms with Gasteiger partial charge < -0.3 is 4.74 Å². The van der Waals surface area contributed by atoms with E-state index in [2.05, 4.69) is 60.3 Å². The number of likely N-dealkylation sites (N-methyl/N-ethyl adjacent to an activating group) is 1. The Bertz CT molecular complexity index is 1220. The van der Waals surface area contributed by atoms with Crippen LogP contribution < -0.4 is 0 Å². The highest BCUT2D eigenvalue weighted by molar-refractivity contribution is 5.95. The molecule has 2 heterocycles. The quantitative estimate of drug-likeness (QED) is 0.384. The molecule has 5 rings (SSSR count). The van der Waals surface area contributed by atoms with Gasteiger partial charge in [0, 0.05) is 35.5 Å². The van der Waals surface area contributed by atoms with E-state index in [0.29, 0.717) is 6.61 Å². The average Bonchev–Trinajstić information content (AvgIpc) is 3.22. The first kappa shape index (κ1) is 19.9. The summed E-state index contributed by atoms with van der Waals surface area (Å²) in [5, 5.41) is 2.35. The van der Waals surface area contributed by atoms with E-state index in [1.807, 2.05) is 30.6 Å². The van der Waals surface area contributed by atoms with Crippen LogP contribution >= 0.6 is 0 Å². The van der Waals surface area contributed by atoms with Crippen LogP contribution in [-0.4, -0.2) is 23.5 Å². The first-order valence-electron chi connectivity index (χ1n) is 10.6. The van der Waals surface area contributed by atoms with Crippen LogP contribution in [0.4, 0.5) is 4.39 Å². The monoisotopic (exact) mass is 412 g/mol. The Hall–Kier alpha value is -3.08. The van der Waals surface area contributed by atoms with E-state index in [9.17, 15) is 4.39 Å². The highest BCUT2D eigenvalue weighted by atomic mass is 19.1. The maximum atomic E-state index is 13.2. The van der Waals surface area contributed by atoms with Crippen molar-refractivity contribution in [1.82, 2.24) is 9.88 Å². The molecular weight excluding hydrogens is 387 g/mol. The zero-order valence-corrected chi connectivity index (χ0v) is 17.8. The molecule has 0 fully saturated rings. The second-order valence-corrected chi connectivity index (χ2v) is 8.38. The number of aromatic nitrogens is 1. The minimum Gasteiger partial charge on any atom is -0.354 e. The third-order valence-corrected chi connectivity index (χ3v) is 6.19. The van der Waals surface area contributed by atoms with Gasteiger partial charge in [0.05, 0.1) is 6.61 Å². The lowest BCUT2D eigenvalue weighted by molar-refractivity contribution is -0.0410. The Morgan fingerprint density at radius 1 is 1.06 bits per heavy atom. The van der Waals surface area contributed by atoms with Crippen LogP contribution in [0.15, 0.2) is 79.1 Å². The molecule has 31 heavy (non-hydrogen) atoms. The molecule has 1 aliphatic heterocycles. The predicted octanol–water partition coefficient (Wildman–Crippen LogP) is 6.31. The number of hydrogen-bond acceptors (Lipinski definition) is 3. The first-order chi connectivity index (χ1) is 15.1. The largest absolute Gasteiger partial charge is 0.354 e. The van der Waals surface area contributed by atoms with Crippen molar-refractivity contribution in [3.8, 4) is 11.1 Å². The van der Waals surface area contributed by atoms with E-state index in [1.54, 1.807) is 0 Å². The summed E-state index contributed by atoms with van der Waals surface area (Å²) in [6.45, 7) is 3.59. The molecule has 0 amide bonds. The van der Waals surface area contributed by atoms with E-state index in [0.717, 1.165) is 28.6 Å². The van der Waals surface area contributed by atoms with E-state index >= 15 is 0 Å². The third-order valence-electron chi connectivity index (χ3n) is 6.19. The smallest absolute Gasteiger partial charge is 0.137 e. The Labute approximate surface area is 182 Å². The van der Waals surface area contributed by atoms with Crippen molar-refractivity contribution < 1.29 is 9.13 Å². The Morgan fingerprint density at radius 2 is 1.87 bits per heavy atom. The molecule has 2 unspecified atom stereocenters. The van der Waals surface area contributed by atoms with Gasteiger partial charge >= 0.3 is 0 Å². The fourth-order valence-corrected chi connectivity index (χ4v) is 4.53. The molecule has 4 aromatic rings. The molecule has 0 saturated heterocycles. The molecule has 0 bridgehead atoms. The second kappa shape index (κ2) is 8.22. The summed E-state index contributed by atoms with van der Waals surface area (Å²) in [4.78, 5) is 6.66. The van der Waals surface area contributed by atoms with Gasteiger partial charge in [-0.05, 0) is 53.2 Å². The molecule has 4 heteroatoms. The predicted molar refractivity (Wildman–Crippen MR) is 122 cm³/mol. The van der Waals surface area contributed by atoms with Gasteiger partial charge in [0.2, 0.25) is 0 Å². The van der Waals surface area contributed by atoms with E-state index in [1.165, 1.54) is 28.6 Å². The Morgan fingerprint density at radius 3 is 2.71 bits per heavy atom. The SMILES string of the molecule is CC(CN(C)C1OCc2cc(-c3cncc4ccccc34)ccc21)c1ccc(F)cc1. The van der Waals surface area contributed by atoms with E-state index in [4.69, 9.17) is 4.74 Å². The molecular formula is C27H25FN2O. The van der Waals surface area contributed by atoms with Crippen molar-refractivity contribution in [3.05, 3.63) is 102 Å². The lowest BCUT2D eigenvalue weighted by Gasteiger charge is -2.27. The van der Waals surface area contributed by atoms with Gasteiger partial charge in [0.25, 0.3) is 0 Å². The van der Waals surface area contributed by atoms with Gasteiger partial charge in [-0.3, -0.25) is 9.88 Å². The van der Waals surface area contributed by atoms with Crippen molar-refractivity contribution in [2.45, 2.75) is 25.7 Å². The van der Waals surface area contributed by atoms with Crippen LogP contribution in [0.25, 0.3) is 21.9 Å². The zero-order valence-electron chi connectivity index (χ0n) is 17.8. The van der Waals surface area contributed by atoms with Crippen LogP contribution in [0.2, 0.25) is 0 Å². The standard InChI is InChI=1S/C27H25FN2O/c1-18(19-7-10-23(28)11-8-19)16-30(2)27-25-12-9-20(13-22(25)17-31-27)26-15-29-14-21-5-3-4-6-24(21)26/h3-15,18,27H,16-17H2,1-2H3. The summed E-state index contributed by atoms with van der Waals surface area (Å²) in [5.74, 6) is 0.0776. The van der Waals surface area contributed by atoms with Gasteiger partial charge in [-0.1, -0.05) is 55.5 Å². The van der Waals surface area contributed by atoms with Gasteiger partial charge in [0.15, 0.2) is 0 Å². The summed E-state index contributed by atoms with van der Waals surface area (Å²) in [6, 6.07) is 21.7. The van der Waals surface area contributed by atoms with Crippen LogP contribution in [0.3, 0.4) is 0 Å². The highest BCUT2D eigenvalue weighted by Gasteiger charge is 2.28. The number of fused-ring (bicyclic) bond motifs is 2. The number of ether oxygens (including phenoxy) is 1. The molecule has 156 valence electrons. The fraction of sp³-hybridized carbons (Fsp3) is 0.222. The number of hydrogen-bond donors (Lipinski definition) is 0. The molecule has 0 radical (unpaired) electrons. The summed E-state index contributed by atoms with van der Waals surface area (Å²) >= 11 is 0. The van der Waals surface area contributed by atoms with Crippen molar-refractivity contribution in [2.24, 2.45) is 0 Å². The molecule has 1 aliphatic rings. The summed E-state index contributed by atoms with van der Waals surface area (Å²) in [6.07, 6.45) is 3.77. The molecule has 3 aromatic carbocycles. The molecule has 0 aliphatic carbocycles. The molecule has 0 N–H and O–H groups in total. The van der Waals surface area contributed by atoms with Gasteiger partial charge in [0.1, 0.15) is 12.0 Å². The molecule has 1 aromatic heterocycles. The summed E-state index contributed by atoms with van der Waals surface area (Å²) in [5.41, 5.74) is 5.87. The normalized spacial score (nSPS) is 16.6. The number of nitrogens with zero attached hydrogens (tertiary/aromatic N) is 2. The lowest BCUT2D eigenvalue weighted by atomic mass is 9.96. The Balaban J connectivity index is 1.38. The van der Waals surface area contributed by atoms with Crippen molar-refractivity contribution >= 4 is 10.8 Å². The minimum absolute atomic E-state index is 0.0717. The molecule has 2 atom stereocenters. The number of benzene rings is 3. The zero-order chi connectivity index (χ0) is 21.4. The number of rotatable bonds is 5. The summed E-state index contributed by atoms with van der Waals surface area (Å²) < 4.78 is 19.4. The maximum Gasteiger partial charge on any atom is 0.137 e. The van der Waals surface area contributed by atoms with E-state index in [-0.39, 0.29) is 18.0 Å². The lowest BCUT2D eigenvalue weighted by Crippen LogP contribution is -2.28. The van der Waals surface area contributed by atoms with Crippen molar-refractivity contribution in [3.63, 3.8) is 0 Å². The average molecular weight is 413 g/mol. The van der Waals surface area contributed by atoms with Crippen molar-refractivity contribution in [2.75, 3.05) is 13.6 Å². The second-order valence-electron chi connectivity index (χ2n) is 8.38. The topological polar surface area (TPSA) is 25.4 Å². The highest BCUT2D eigenvalue weighted by Crippen LogP contribution is 2.37. The van der Waals surface area contributed by atoms with Crippen LogP contribution in [-0.2, 0) is 11.3 Å². The Kier molecular flexibility index (Phi) is 5.26. The number of pyridine rings is 1. The molecule has 0 spiro atoms. The summed E-state index contributed by atoms with van der Waals surface area (Å²) in [7, 11) is 2.09.